The smallest absolute Gasteiger partial charge is 0.260 e. The van der Waals surface area contributed by atoms with Gasteiger partial charge in [0, 0.05) is 47.9 Å². The van der Waals surface area contributed by atoms with Gasteiger partial charge in [-0.15, -0.1) is 0 Å². The second-order valence-electron chi connectivity index (χ2n) is 9.76. The molecule has 0 aliphatic carbocycles. The highest BCUT2D eigenvalue weighted by Crippen LogP contribution is 2.45. The molecule has 2 saturated heterocycles. The number of carbonyl (C=O) groups is 1. The van der Waals surface area contributed by atoms with Crippen LogP contribution in [0.4, 0.5) is 10.2 Å². The Labute approximate surface area is 215 Å². The molecule has 7 nitrogen and oxygen atoms in total. The maximum atomic E-state index is 15.1. The van der Waals surface area contributed by atoms with Crippen LogP contribution >= 0.6 is 15.9 Å². The van der Waals surface area contributed by atoms with E-state index in [2.05, 4.69) is 43.7 Å². The number of carbonyl (C=O) groups excluding carboxylic acids is 1. The summed E-state index contributed by atoms with van der Waals surface area (Å²) in [6.07, 6.45) is 2.60. The van der Waals surface area contributed by atoms with Crippen molar-refractivity contribution in [2.45, 2.75) is 13.3 Å². The number of anilines is 1. The number of rotatable bonds is 3. The van der Waals surface area contributed by atoms with E-state index < -0.39 is 5.82 Å². The monoisotopic (exact) mass is 544 g/mol. The lowest BCUT2D eigenvalue weighted by atomic mass is 9.79. The molecule has 1 amide bonds. The van der Waals surface area contributed by atoms with E-state index in [9.17, 15) is 10.1 Å². The summed E-state index contributed by atoms with van der Waals surface area (Å²) in [5, 5.41) is 19.1. The summed E-state index contributed by atoms with van der Waals surface area (Å²) in [4.78, 5) is 20.8. The summed E-state index contributed by atoms with van der Waals surface area (Å²) < 4.78 is 15.5. The second kappa shape index (κ2) is 8.14. The van der Waals surface area contributed by atoms with Crippen LogP contribution in [0.25, 0.3) is 32.9 Å². The van der Waals surface area contributed by atoms with E-state index in [1.165, 1.54) is 6.07 Å². The van der Waals surface area contributed by atoms with Gasteiger partial charge in [0.25, 0.3) is 5.91 Å². The van der Waals surface area contributed by atoms with Gasteiger partial charge in [0.2, 0.25) is 0 Å². The Morgan fingerprint density at radius 3 is 2.78 bits per heavy atom. The summed E-state index contributed by atoms with van der Waals surface area (Å²) in [5.41, 5.74) is 3.91. The maximum Gasteiger partial charge on any atom is 0.260 e. The molecule has 1 N–H and O–H groups in total. The molecule has 1 spiro atoms. The molecular weight excluding hydrogens is 523 g/mol. The average molecular weight is 545 g/mol. The number of pyridine rings is 1. The summed E-state index contributed by atoms with van der Waals surface area (Å²) in [5.74, 6) is -0.0492. The van der Waals surface area contributed by atoms with Gasteiger partial charge < -0.3 is 9.80 Å². The zero-order valence-electron chi connectivity index (χ0n) is 19.6. The molecule has 9 heteroatoms. The van der Waals surface area contributed by atoms with Crippen molar-refractivity contribution >= 4 is 49.5 Å². The molecule has 2 aliphatic heterocycles. The molecule has 0 bridgehead atoms. The maximum absolute atomic E-state index is 15.1. The van der Waals surface area contributed by atoms with Crippen molar-refractivity contribution in [2.24, 2.45) is 5.41 Å². The number of para-hydroxylation sites is 1. The lowest BCUT2D eigenvalue weighted by Crippen LogP contribution is -2.59. The van der Waals surface area contributed by atoms with Gasteiger partial charge in [0.05, 0.1) is 16.2 Å². The zero-order valence-corrected chi connectivity index (χ0v) is 21.2. The SMILES string of the molecule is C=C(Br)C(=O)N1CC2(CCN(c3nc4c(F)cccc4c(-c4c(C)ccc5[nH]ncc45)c3C#N)C2)C1. The van der Waals surface area contributed by atoms with Gasteiger partial charge in [0.15, 0.2) is 0 Å². The molecule has 2 aromatic heterocycles. The predicted molar refractivity (Wildman–Crippen MR) is 140 cm³/mol. The fourth-order valence-corrected chi connectivity index (χ4v) is 6.00. The Balaban J connectivity index is 1.51. The van der Waals surface area contributed by atoms with Crippen LogP contribution in [0.5, 0.6) is 0 Å². The van der Waals surface area contributed by atoms with Crippen molar-refractivity contribution in [2.75, 3.05) is 31.1 Å². The van der Waals surface area contributed by atoms with Crippen LogP contribution in [-0.4, -0.2) is 52.2 Å². The molecule has 2 aliphatic rings. The normalized spacial score (nSPS) is 16.5. The second-order valence-corrected chi connectivity index (χ2v) is 10.7. The van der Waals surface area contributed by atoms with Crippen LogP contribution in [0.1, 0.15) is 17.5 Å². The van der Waals surface area contributed by atoms with E-state index in [1.807, 2.05) is 25.1 Å². The third-order valence-electron chi connectivity index (χ3n) is 7.45. The Bertz CT molecular complexity index is 1630. The summed E-state index contributed by atoms with van der Waals surface area (Å²) in [6, 6.07) is 11.2. The van der Waals surface area contributed by atoms with E-state index in [4.69, 9.17) is 4.98 Å². The van der Waals surface area contributed by atoms with Gasteiger partial charge in [-0.05, 0) is 52.5 Å². The number of H-pyrrole nitrogens is 1. The zero-order chi connectivity index (χ0) is 25.2. The quantitative estimate of drug-likeness (QED) is 0.365. The van der Waals surface area contributed by atoms with Crippen molar-refractivity contribution in [1.82, 2.24) is 20.1 Å². The van der Waals surface area contributed by atoms with Crippen LogP contribution < -0.4 is 4.90 Å². The molecule has 36 heavy (non-hydrogen) atoms. The minimum absolute atomic E-state index is 0.0721. The van der Waals surface area contributed by atoms with Crippen molar-refractivity contribution in [1.29, 1.82) is 5.26 Å². The fraction of sp³-hybridized carbons (Fsp3) is 0.259. The number of aryl methyl sites for hydroxylation is 1. The Morgan fingerprint density at radius 1 is 1.22 bits per heavy atom. The van der Waals surface area contributed by atoms with Gasteiger partial charge in [-0.2, -0.15) is 10.4 Å². The fourth-order valence-electron chi connectivity index (χ4n) is 5.74. The summed E-state index contributed by atoms with van der Waals surface area (Å²) in [6.45, 7) is 8.23. The van der Waals surface area contributed by atoms with Crippen molar-refractivity contribution in [3.05, 3.63) is 64.5 Å². The summed E-state index contributed by atoms with van der Waals surface area (Å²) in [7, 11) is 0. The molecule has 0 saturated carbocycles. The Hall–Kier alpha value is -3.77. The van der Waals surface area contributed by atoms with E-state index in [0.29, 0.717) is 53.0 Å². The highest BCUT2D eigenvalue weighted by molar-refractivity contribution is 9.12. The van der Waals surface area contributed by atoms with E-state index in [1.54, 1.807) is 17.2 Å². The number of hydrogen-bond donors (Lipinski definition) is 1. The first-order valence-corrected chi connectivity index (χ1v) is 12.5. The van der Waals surface area contributed by atoms with E-state index in [0.717, 1.165) is 28.5 Å². The van der Waals surface area contributed by atoms with Crippen LogP contribution in [0.3, 0.4) is 0 Å². The molecular formula is C27H22BrFN6O. The number of aromatic amines is 1. The largest absolute Gasteiger partial charge is 0.355 e. The van der Waals surface area contributed by atoms with Crippen molar-refractivity contribution in [3.8, 4) is 17.2 Å². The van der Waals surface area contributed by atoms with Crippen LogP contribution in [0, 0.1) is 29.5 Å². The lowest BCUT2D eigenvalue weighted by Gasteiger charge is -2.48. The van der Waals surface area contributed by atoms with Crippen molar-refractivity contribution in [3.63, 3.8) is 0 Å². The predicted octanol–water partition coefficient (Wildman–Crippen LogP) is 5.04. The molecule has 180 valence electrons. The number of nitrogens with zero attached hydrogens (tertiary/aromatic N) is 5. The minimum Gasteiger partial charge on any atom is -0.355 e. The first kappa shape index (κ1) is 22.7. The average Bonchev–Trinajstić information content (AvgIpc) is 3.50. The van der Waals surface area contributed by atoms with Gasteiger partial charge >= 0.3 is 0 Å². The first-order chi connectivity index (χ1) is 17.3. The molecule has 0 atom stereocenters. The van der Waals surface area contributed by atoms with Gasteiger partial charge in [-0.3, -0.25) is 9.89 Å². The third-order valence-corrected chi connectivity index (χ3v) is 7.79. The minimum atomic E-state index is -0.429. The molecule has 6 rings (SSSR count). The van der Waals surface area contributed by atoms with E-state index >= 15 is 4.39 Å². The number of amides is 1. The molecule has 4 aromatic rings. The number of nitriles is 1. The molecule has 2 fully saturated rings. The van der Waals surface area contributed by atoms with Gasteiger partial charge in [-0.1, -0.05) is 24.8 Å². The van der Waals surface area contributed by atoms with Gasteiger partial charge in [0.1, 0.15) is 28.8 Å². The van der Waals surface area contributed by atoms with Crippen LogP contribution in [0.15, 0.2) is 47.6 Å². The number of hydrogen-bond acceptors (Lipinski definition) is 5. The number of aromatic nitrogens is 3. The number of fused-ring (bicyclic) bond motifs is 2. The number of benzene rings is 2. The molecule has 0 unspecified atom stereocenters. The number of likely N-dealkylation sites (tertiary alicyclic amines) is 1. The van der Waals surface area contributed by atoms with Crippen molar-refractivity contribution < 1.29 is 9.18 Å². The lowest BCUT2D eigenvalue weighted by molar-refractivity contribution is -0.136. The number of halogens is 2. The van der Waals surface area contributed by atoms with E-state index in [-0.39, 0.29) is 16.8 Å². The number of nitrogens with one attached hydrogen (secondary N) is 1. The van der Waals surface area contributed by atoms with Crippen LogP contribution in [-0.2, 0) is 4.79 Å². The van der Waals surface area contributed by atoms with Crippen LogP contribution in [0.2, 0.25) is 0 Å². The molecule has 2 aromatic carbocycles. The summed E-state index contributed by atoms with van der Waals surface area (Å²) >= 11 is 3.18. The Morgan fingerprint density at radius 2 is 2.03 bits per heavy atom. The topological polar surface area (TPSA) is 88.9 Å². The Kier molecular flexibility index (Phi) is 5.12. The third kappa shape index (κ3) is 3.32. The standard InChI is InChI=1S/C27H22BrFN6O/c1-15-6-7-21-19(11-31-33-21)22(15)23-17-4-3-5-20(29)24(17)32-25(18(23)10-30)34-9-8-27(12-34)13-35(14-27)26(36)16(2)28/h3-7,11H,2,8-9,12-14H2,1H3,(H,31,33). The van der Waals surface area contributed by atoms with Gasteiger partial charge in [-0.25, -0.2) is 9.37 Å². The highest BCUT2D eigenvalue weighted by Gasteiger charge is 2.50. The molecule has 4 heterocycles. The first-order valence-electron chi connectivity index (χ1n) is 11.7. The highest BCUT2D eigenvalue weighted by atomic mass is 79.9. The molecule has 0 radical (unpaired) electrons.